The first kappa shape index (κ1) is 11.9. The van der Waals surface area contributed by atoms with Crippen molar-refractivity contribution >= 4 is 11.9 Å². The predicted molar refractivity (Wildman–Crippen MR) is 43.1 cm³/mol. The number of hydrogen-bond acceptors (Lipinski definition) is 4. The standard InChI is InChI=1S/C7H13NO5/c1-13-3-2-6(10)8-5(4-9)7(11)12/h5,9H,2-4H2,1H3,(H,8,10)(H,11,12)/t5-/m0/s1. The maximum atomic E-state index is 10.9. The largest absolute Gasteiger partial charge is 0.480 e. The number of rotatable bonds is 6. The van der Waals surface area contributed by atoms with Gasteiger partial charge in [-0.1, -0.05) is 0 Å². The molecule has 6 heteroatoms. The Morgan fingerprint density at radius 3 is 2.54 bits per heavy atom. The molecule has 6 nitrogen and oxygen atoms in total. The van der Waals surface area contributed by atoms with Gasteiger partial charge in [-0.05, 0) is 0 Å². The van der Waals surface area contributed by atoms with E-state index in [-0.39, 0.29) is 13.0 Å². The van der Waals surface area contributed by atoms with Crippen LogP contribution in [0.1, 0.15) is 6.42 Å². The molecule has 0 fully saturated rings. The molecule has 0 aliphatic rings. The van der Waals surface area contributed by atoms with E-state index < -0.39 is 24.5 Å². The van der Waals surface area contributed by atoms with E-state index in [4.69, 9.17) is 10.2 Å². The maximum absolute atomic E-state index is 10.9. The molecule has 0 aliphatic carbocycles. The first-order valence-electron chi connectivity index (χ1n) is 3.73. The van der Waals surface area contributed by atoms with Gasteiger partial charge in [-0.2, -0.15) is 0 Å². The molecule has 0 aromatic heterocycles. The molecule has 0 saturated carbocycles. The lowest BCUT2D eigenvalue weighted by Gasteiger charge is -2.10. The number of nitrogens with one attached hydrogen (secondary N) is 1. The highest BCUT2D eigenvalue weighted by Gasteiger charge is 2.17. The molecule has 0 aliphatic heterocycles. The fourth-order valence-electron chi connectivity index (χ4n) is 0.647. The number of aliphatic hydroxyl groups excluding tert-OH is 1. The van der Waals surface area contributed by atoms with E-state index in [1.807, 2.05) is 0 Å². The molecule has 13 heavy (non-hydrogen) atoms. The number of amides is 1. The summed E-state index contributed by atoms with van der Waals surface area (Å²) in [6.07, 6.45) is 0.0836. The van der Waals surface area contributed by atoms with Crippen molar-refractivity contribution in [1.29, 1.82) is 0 Å². The normalized spacial score (nSPS) is 12.2. The van der Waals surface area contributed by atoms with Gasteiger partial charge in [-0.15, -0.1) is 0 Å². The Hall–Kier alpha value is -1.14. The number of ether oxygens (including phenoxy) is 1. The average Bonchev–Trinajstić information content (AvgIpc) is 2.10. The van der Waals surface area contributed by atoms with Crippen molar-refractivity contribution in [3.8, 4) is 0 Å². The van der Waals surface area contributed by atoms with E-state index in [0.29, 0.717) is 0 Å². The van der Waals surface area contributed by atoms with Crippen LogP contribution in [0.2, 0.25) is 0 Å². The summed E-state index contributed by atoms with van der Waals surface area (Å²) in [4.78, 5) is 21.2. The number of carboxylic acid groups (broad SMARTS) is 1. The Balaban J connectivity index is 3.80. The van der Waals surface area contributed by atoms with Crippen molar-refractivity contribution in [2.24, 2.45) is 0 Å². The minimum absolute atomic E-state index is 0.0836. The number of aliphatic hydroxyl groups is 1. The molecule has 0 aromatic rings. The van der Waals surface area contributed by atoms with Gasteiger partial charge in [0, 0.05) is 13.5 Å². The summed E-state index contributed by atoms with van der Waals surface area (Å²) in [5, 5.41) is 19.1. The van der Waals surface area contributed by atoms with E-state index in [9.17, 15) is 9.59 Å². The number of hydrogen-bond donors (Lipinski definition) is 3. The number of aliphatic carboxylic acids is 1. The predicted octanol–water partition coefficient (Wildman–Crippen LogP) is -1.42. The first-order valence-corrected chi connectivity index (χ1v) is 3.73. The lowest BCUT2D eigenvalue weighted by molar-refractivity contribution is -0.143. The smallest absolute Gasteiger partial charge is 0.328 e. The molecule has 3 N–H and O–H groups in total. The van der Waals surface area contributed by atoms with Gasteiger partial charge in [0.1, 0.15) is 6.04 Å². The minimum atomic E-state index is -1.26. The van der Waals surface area contributed by atoms with Crippen LogP contribution >= 0.6 is 0 Å². The minimum Gasteiger partial charge on any atom is -0.480 e. The Morgan fingerprint density at radius 2 is 2.15 bits per heavy atom. The Labute approximate surface area is 75.5 Å². The molecular formula is C7H13NO5. The van der Waals surface area contributed by atoms with Crippen LogP contribution in [0.15, 0.2) is 0 Å². The van der Waals surface area contributed by atoms with Crippen molar-refractivity contribution in [2.45, 2.75) is 12.5 Å². The van der Waals surface area contributed by atoms with Crippen molar-refractivity contribution in [1.82, 2.24) is 5.32 Å². The number of carboxylic acids is 1. The quantitative estimate of drug-likeness (QED) is 0.479. The second-order valence-electron chi connectivity index (χ2n) is 2.38. The average molecular weight is 191 g/mol. The Kier molecular flexibility index (Phi) is 5.82. The molecule has 1 atom stereocenters. The summed E-state index contributed by atoms with van der Waals surface area (Å²) in [7, 11) is 1.44. The third-order valence-corrected chi connectivity index (χ3v) is 1.35. The van der Waals surface area contributed by atoms with Crippen LogP contribution in [0, 0.1) is 0 Å². The summed E-state index contributed by atoms with van der Waals surface area (Å²) >= 11 is 0. The molecule has 76 valence electrons. The summed E-state index contributed by atoms with van der Waals surface area (Å²) in [5.41, 5.74) is 0. The third-order valence-electron chi connectivity index (χ3n) is 1.35. The summed E-state index contributed by atoms with van der Waals surface area (Å²) in [5.74, 6) is -1.71. The van der Waals surface area contributed by atoms with Gasteiger partial charge >= 0.3 is 5.97 Å². The zero-order chi connectivity index (χ0) is 10.3. The van der Waals surface area contributed by atoms with Crippen molar-refractivity contribution < 1.29 is 24.5 Å². The van der Waals surface area contributed by atoms with Gasteiger partial charge in [-0.3, -0.25) is 4.79 Å². The van der Waals surface area contributed by atoms with Crippen LogP contribution in [-0.2, 0) is 14.3 Å². The second kappa shape index (κ2) is 6.38. The van der Waals surface area contributed by atoms with Gasteiger partial charge in [0.25, 0.3) is 0 Å². The van der Waals surface area contributed by atoms with Gasteiger partial charge in [0.2, 0.25) is 5.91 Å². The molecular weight excluding hydrogens is 178 g/mol. The molecule has 0 saturated heterocycles. The fourth-order valence-corrected chi connectivity index (χ4v) is 0.647. The van der Waals surface area contributed by atoms with E-state index in [1.165, 1.54) is 7.11 Å². The molecule has 0 aromatic carbocycles. The van der Waals surface area contributed by atoms with Gasteiger partial charge < -0.3 is 20.3 Å². The highest BCUT2D eigenvalue weighted by molar-refractivity contribution is 5.83. The molecule has 0 unspecified atom stereocenters. The van der Waals surface area contributed by atoms with Crippen LogP contribution in [0.3, 0.4) is 0 Å². The number of carbonyl (C=O) groups is 2. The van der Waals surface area contributed by atoms with Gasteiger partial charge in [-0.25, -0.2) is 4.79 Å². The maximum Gasteiger partial charge on any atom is 0.328 e. The lowest BCUT2D eigenvalue weighted by Crippen LogP contribution is -2.43. The fraction of sp³-hybridized carbons (Fsp3) is 0.714. The van der Waals surface area contributed by atoms with Crippen LogP contribution < -0.4 is 5.32 Å². The van der Waals surface area contributed by atoms with E-state index in [2.05, 4.69) is 10.1 Å². The molecule has 0 spiro atoms. The highest BCUT2D eigenvalue weighted by atomic mass is 16.5. The van der Waals surface area contributed by atoms with E-state index in [1.54, 1.807) is 0 Å². The van der Waals surface area contributed by atoms with Crippen LogP contribution in [-0.4, -0.2) is 48.5 Å². The summed E-state index contributed by atoms with van der Waals surface area (Å²) in [6, 6.07) is -1.23. The van der Waals surface area contributed by atoms with Gasteiger partial charge in [0.05, 0.1) is 13.2 Å². The molecule has 0 rings (SSSR count). The van der Waals surface area contributed by atoms with Crippen molar-refractivity contribution in [3.63, 3.8) is 0 Å². The number of methoxy groups -OCH3 is 1. The number of carbonyl (C=O) groups excluding carboxylic acids is 1. The summed E-state index contributed by atoms with van der Waals surface area (Å²) < 4.78 is 4.62. The van der Waals surface area contributed by atoms with Crippen molar-refractivity contribution in [2.75, 3.05) is 20.3 Å². The van der Waals surface area contributed by atoms with E-state index in [0.717, 1.165) is 0 Å². The topological polar surface area (TPSA) is 95.9 Å². The zero-order valence-corrected chi connectivity index (χ0v) is 7.32. The van der Waals surface area contributed by atoms with Crippen LogP contribution in [0.4, 0.5) is 0 Å². The molecule has 0 bridgehead atoms. The molecule has 1 amide bonds. The molecule has 0 radical (unpaired) electrons. The molecule has 0 heterocycles. The van der Waals surface area contributed by atoms with E-state index >= 15 is 0 Å². The van der Waals surface area contributed by atoms with Crippen molar-refractivity contribution in [3.05, 3.63) is 0 Å². The monoisotopic (exact) mass is 191 g/mol. The first-order chi connectivity index (χ1) is 6.11. The Morgan fingerprint density at radius 1 is 1.54 bits per heavy atom. The third kappa shape index (κ3) is 5.15. The highest BCUT2D eigenvalue weighted by Crippen LogP contribution is 1.86. The lowest BCUT2D eigenvalue weighted by atomic mass is 10.3. The van der Waals surface area contributed by atoms with Crippen LogP contribution in [0.25, 0.3) is 0 Å². The second-order valence-corrected chi connectivity index (χ2v) is 2.38. The summed E-state index contributed by atoms with van der Waals surface area (Å²) in [6.45, 7) is -0.391. The van der Waals surface area contributed by atoms with Crippen LogP contribution in [0.5, 0.6) is 0 Å². The van der Waals surface area contributed by atoms with Gasteiger partial charge in [0.15, 0.2) is 0 Å². The SMILES string of the molecule is COCCC(=O)N[C@@H](CO)C(=O)O. The Bertz CT molecular complexity index is 182. The zero-order valence-electron chi connectivity index (χ0n) is 7.32.